The average Bonchev–Trinajstić information content (AvgIpc) is 2.46. The average molecular weight is 292 g/mol. The molecule has 0 rings (SSSR count). The summed E-state index contributed by atoms with van der Waals surface area (Å²) in [6.45, 7) is 7.11. The van der Waals surface area contributed by atoms with Crippen molar-refractivity contribution in [2.45, 2.75) is 52.6 Å². The molecule has 20 heavy (non-hydrogen) atoms. The van der Waals surface area contributed by atoms with Crippen LogP contribution in [0.25, 0.3) is 0 Å². The van der Waals surface area contributed by atoms with Crippen molar-refractivity contribution in [2.75, 3.05) is 28.4 Å². The first-order valence-electron chi connectivity index (χ1n) is 6.57. The van der Waals surface area contributed by atoms with Crippen LogP contribution >= 0.6 is 0 Å². The molecule has 4 unspecified atom stereocenters. The second-order valence-corrected chi connectivity index (χ2v) is 4.44. The molecule has 7 heteroatoms. The molecule has 0 N–H and O–H groups in total. The van der Waals surface area contributed by atoms with E-state index >= 15 is 0 Å². The van der Waals surface area contributed by atoms with E-state index in [0.717, 1.165) is 0 Å². The highest BCUT2D eigenvalue weighted by molar-refractivity contribution is 5.75. The summed E-state index contributed by atoms with van der Waals surface area (Å²) in [5, 5.41) is 0. The maximum Gasteiger partial charge on any atom is 0.328 e. The summed E-state index contributed by atoms with van der Waals surface area (Å²) in [6.07, 6.45) is -1.75. The fourth-order valence-corrected chi connectivity index (χ4v) is 1.80. The fraction of sp³-hybridized carbons (Fsp3) is 0.923. The minimum atomic E-state index is -0.437. The van der Waals surface area contributed by atoms with E-state index in [0.29, 0.717) is 0 Å². The van der Waals surface area contributed by atoms with E-state index in [9.17, 15) is 4.79 Å². The molecule has 120 valence electrons. The first-order chi connectivity index (χ1) is 9.35. The van der Waals surface area contributed by atoms with Crippen LogP contribution in [0.15, 0.2) is 0 Å². The van der Waals surface area contributed by atoms with Crippen molar-refractivity contribution in [2.24, 2.45) is 0 Å². The molecule has 0 aliphatic carbocycles. The van der Waals surface area contributed by atoms with Crippen molar-refractivity contribution in [3.63, 3.8) is 0 Å². The van der Waals surface area contributed by atoms with Gasteiger partial charge >= 0.3 is 6.03 Å². The Kier molecular flexibility index (Phi) is 8.71. The number of ether oxygens (including phenoxy) is 4. The summed E-state index contributed by atoms with van der Waals surface area (Å²) in [5.74, 6) is 0. The summed E-state index contributed by atoms with van der Waals surface area (Å²) in [7, 11) is 6.16. The first-order valence-corrected chi connectivity index (χ1v) is 6.57. The van der Waals surface area contributed by atoms with Gasteiger partial charge in [-0.1, -0.05) is 0 Å². The van der Waals surface area contributed by atoms with Crippen LogP contribution in [0.5, 0.6) is 0 Å². The predicted octanol–water partition coefficient (Wildman–Crippen LogP) is 1.68. The molecule has 0 saturated heterocycles. The fourth-order valence-electron chi connectivity index (χ4n) is 1.80. The molecule has 0 aromatic heterocycles. The monoisotopic (exact) mass is 292 g/mol. The molecule has 0 aromatic rings. The van der Waals surface area contributed by atoms with Crippen LogP contribution in [0.4, 0.5) is 4.79 Å². The highest BCUT2D eigenvalue weighted by atomic mass is 16.5. The molecule has 0 radical (unpaired) electrons. The second-order valence-electron chi connectivity index (χ2n) is 4.44. The zero-order valence-electron chi connectivity index (χ0n) is 13.7. The number of carbonyl (C=O) groups is 1. The van der Waals surface area contributed by atoms with Gasteiger partial charge in [-0.3, -0.25) is 9.80 Å². The lowest BCUT2D eigenvalue weighted by Crippen LogP contribution is -2.57. The largest absolute Gasteiger partial charge is 0.362 e. The molecule has 0 heterocycles. The van der Waals surface area contributed by atoms with Crippen molar-refractivity contribution in [1.29, 1.82) is 0 Å². The van der Waals surface area contributed by atoms with Gasteiger partial charge in [-0.25, -0.2) is 4.79 Å². The predicted molar refractivity (Wildman–Crippen MR) is 75.0 cm³/mol. The molecule has 0 aliphatic heterocycles. The van der Waals surface area contributed by atoms with Crippen LogP contribution in [0, 0.1) is 0 Å². The van der Waals surface area contributed by atoms with Gasteiger partial charge in [0.15, 0.2) is 0 Å². The summed E-state index contributed by atoms with van der Waals surface area (Å²) in [6, 6.07) is -0.280. The molecule has 2 amide bonds. The van der Waals surface area contributed by atoms with Gasteiger partial charge in [0, 0.05) is 28.4 Å². The van der Waals surface area contributed by atoms with Gasteiger partial charge < -0.3 is 18.9 Å². The Bertz CT molecular complexity index is 244. The highest BCUT2D eigenvalue weighted by Gasteiger charge is 2.34. The third-order valence-electron chi connectivity index (χ3n) is 3.37. The molecular formula is C13H28N2O5. The molecule has 0 aromatic carbocycles. The smallest absolute Gasteiger partial charge is 0.328 e. The summed E-state index contributed by atoms with van der Waals surface area (Å²) < 4.78 is 21.0. The topological polar surface area (TPSA) is 60.5 Å². The lowest BCUT2D eigenvalue weighted by molar-refractivity contribution is -0.132. The number of hydrogen-bond acceptors (Lipinski definition) is 5. The lowest BCUT2D eigenvalue weighted by atomic mass is 10.4. The van der Waals surface area contributed by atoms with E-state index in [1.165, 1.54) is 38.2 Å². The van der Waals surface area contributed by atoms with Gasteiger partial charge in [0.2, 0.25) is 0 Å². The molecule has 0 aliphatic rings. The molecule has 7 nitrogen and oxygen atoms in total. The number of amides is 2. The van der Waals surface area contributed by atoms with E-state index < -0.39 is 24.9 Å². The Hall–Kier alpha value is -0.890. The van der Waals surface area contributed by atoms with Crippen LogP contribution in [-0.2, 0) is 18.9 Å². The maximum absolute atomic E-state index is 12.8. The molecule has 0 spiro atoms. The lowest BCUT2D eigenvalue weighted by Gasteiger charge is -2.40. The minimum Gasteiger partial charge on any atom is -0.362 e. The standard InChI is InChI=1S/C13H28N2O5/c1-9(17-5)14(10(2)18-6)13(16)15(11(3)19-7)12(4)20-8/h9-12H,1-8H3. The van der Waals surface area contributed by atoms with Crippen LogP contribution in [0.1, 0.15) is 27.7 Å². The van der Waals surface area contributed by atoms with E-state index in [2.05, 4.69) is 0 Å². The van der Waals surface area contributed by atoms with E-state index in [1.54, 1.807) is 27.7 Å². The molecule has 0 saturated carbocycles. The molecule has 0 fully saturated rings. The number of carbonyl (C=O) groups excluding carboxylic acids is 1. The Morgan fingerprint density at radius 2 is 0.850 bits per heavy atom. The highest BCUT2D eigenvalue weighted by Crippen LogP contribution is 2.17. The second kappa shape index (κ2) is 9.12. The normalized spacial score (nSPS) is 17.2. The number of methoxy groups -OCH3 is 4. The zero-order chi connectivity index (χ0) is 15.9. The van der Waals surface area contributed by atoms with Crippen LogP contribution < -0.4 is 0 Å². The van der Waals surface area contributed by atoms with Gasteiger partial charge in [0.25, 0.3) is 0 Å². The van der Waals surface area contributed by atoms with Crippen molar-refractivity contribution in [3.05, 3.63) is 0 Å². The Morgan fingerprint density at radius 1 is 0.650 bits per heavy atom. The van der Waals surface area contributed by atoms with Gasteiger partial charge in [0.05, 0.1) is 0 Å². The van der Waals surface area contributed by atoms with E-state index in [4.69, 9.17) is 18.9 Å². The van der Waals surface area contributed by atoms with Gasteiger partial charge in [-0.2, -0.15) is 0 Å². The van der Waals surface area contributed by atoms with Crippen molar-refractivity contribution < 1.29 is 23.7 Å². The molecule has 0 bridgehead atoms. The Morgan fingerprint density at radius 3 is 1.00 bits per heavy atom. The third kappa shape index (κ3) is 4.59. The van der Waals surface area contributed by atoms with Gasteiger partial charge in [-0.05, 0) is 27.7 Å². The van der Waals surface area contributed by atoms with Crippen LogP contribution in [-0.4, -0.2) is 69.2 Å². The van der Waals surface area contributed by atoms with E-state index in [-0.39, 0.29) is 6.03 Å². The third-order valence-corrected chi connectivity index (χ3v) is 3.37. The van der Waals surface area contributed by atoms with Crippen molar-refractivity contribution in [3.8, 4) is 0 Å². The summed E-state index contributed by atoms with van der Waals surface area (Å²) >= 11 is 0. The Labute approximate surface area is 121 Å². The van der Waals surface area contributed by atoms with Gasteiger partial charge in [0.1, 0.15) is 24.9 Å². The number of rotatable bonds is 8. The minimum absolute atomic E-state index is 0.280. The first kappa shape index (κ1) is 19.1. The van der Waals surface area contributed by atoms with Crippen LogP contribution in [0.2, 0.25) is 0 Å². The SMILES string of the molecule is COC(C)N(C(=O)N(C(C)OC)C(C)OC)C(C)OC. The summed E-state index contributed by atoms with van der Waals surface area (Å²) in [4.78, 5) is 15.8. The van der Waals surface area contributed by atoms with Crippen LogP contribution in [0.3, 0.4) is 0 Å². The summed E-state index contributed by atoms with van der Waals surface area (Å²) in [5.41, 5.74) is 0. The van der Waals surface area contributed by atoms with Crippen molar-refractivity contribution in [1.82, 2.24) is 9.80 Å². The number of urea groups is 1. The number of nitrogens with zero attached hydrogens (tertiary/aromatic N) is 2. The molecular weight excluding hydrogens is 264 g/mol. The quantitative estimate of drug-likeness (QED) is 0.637. The van der Waals surface area contributed by atoms with Crippen molar-refractivity contribution >= 4 is 6.03 Å². The zero-order valence-corrected chi connectivity index (χ0v) is 13.7. The maximum atomic E-state index is 12.8. The van der Waals surface area contributed by atoms with E-state index in [1.807, 2.05) is 0 Å². The Balaban J connectivity index is 5.34. The molecule has 4 atom stereocenters. The number of hydrogen-bond donors (Lipinski definition) is 0. The van der Waals surface area contributed by atoms with Gasteiger partial charge in [-0.15, -0.1) is 0 Å².